The lowest BCUT2D eigenvalue weighted by Crippen LogP contribution is -2.26. The maximum Gasteiger partial charge on any atom is 0.124 e. The Morgan fingerprint density at radius 2 is 1.11 bits per heavy atom. The number of pyridine rings is 1. The van der Waals surface area contributed by atoms with Crippen LogP contribution in [0.5, 0.6) is 0 Å². The molecule has 3 heterocycles. The second kappa shape index (κ2) is 8.35. The molecule has 0 unspecified atom stereocenters. The molecule has 1 spiro atoms. The fraction of sp³-hybridized carbons (Fsp3) is 0.0238. The molecule has 0 bridgehead atoms. The van der Waals surface area contributed by atoms with Gasteiger partial charge in [0.15, 0.2) is 0 Å². The van der Waals surface area contributed by atoms with Crippen LogP contribution < -0.4 is 0 Å². The summed E-state index contributed by atoms with van der Waals surface area (Å²) in [6.07, 6.45) is 1.90. The van der Waals surface area contributed by atoms with Gasteiger partial charge in [0.2, 0.25) is 0 Å². The van der Waals surface area contributed by atoms with E-state index in [1.807, 2.05) is 6.20 Å². The van der Waals surface area contributed by atoms with Crippen molar-refractivity contribution in [3.05, 3.63) is 168 Å². The van der Waals surface area contributed by atoms with Crippen molar-refractivity contribution in [1.29, 1.82) is 0 Å². The minimum Gasteiger partial charge on any atom is -0.309 e. The third kappa shape index (κ3) is 2.79. The molecule has 208 valence electrons. The Bertz CT molecular complexity index is 2660. The standard InChI is InChI=1S/C42H24N2S/c1-5-15-32-26(10-1)27-11-2-6-16-33(27)42(32)34-17-7-3-12-28(34)29-20-19-25(24-35(29)42)44-36-18-8-4-13-30(36)39-37(44)21-22-38-40(39)31-14-9-23-43-41(31)45-38/h1-24H. The molecule has 0 aliphatic heterocycles. The Kier molecular flexibility index (Phi) is 4.43. The van der Waals surface area contributed by atoms with Crippen LogP contribution in [0.25, 0.3) is 70.0 Å². The summed E-state index contributed by atoms with van der Waals surface area (Å²) in [5.74, 6) is 0. The molecule has 0 saturated carbocycles. The number of fused-ring (bicyclic) bond motifs is 17. The molecule has 3 aromatic heterocycles. The third-order valence-corrected chi connectivity index (χ3v) is 11.4. The Labute approximate surface area is 263 Å². The van der Waals surface area contributed by atoms with Gasteiger partial charge in [-0.25, -0.2) is 4.98 Å². The predicted molar refractivity (Wildman–Crippen MR) is 188 cm³/mol. The fourth-order valence-electron chi connectivity index (χ4n) is 8.66. The number of nitrogens with zero attached hydrogens (tertiary/aromatic N) is 2. The number of hydrogen-bond donors (Lipinski definition) is 0. The second-order valence-corrected chi connectivity index (χ2v) is 13.3. The number of rotatable bonds is 1. The molecule has 45 heavy (non-hydrogen) atoms. The average Bonchev–Trinajstić information content (AvgIpc) is 3.81. The summed E-state index contributed by atoms with van der Waals surface area (Å²) in [6, 6.07) is 52.0. The largest absolute Gasteiger partial charge is 0.309 e. The lowest BCUT2D eigenvalue weighted by atomic mass is 9.70. The number of hydrogen-bond acceptors (Lipinski definition) is 2. The zero-order valence-corrected chi connectivity index (χ0v) is 25.0. The van der Waals surface area contributed by atoms with E-state index in [1.54, 1.807) is 11.3 Å². The normalized spacial score (nSPS) is 14.0. The molecule has 0 radical (unpaired) electrons. The topological polar surface area (TPSA) is 17.8 Å². The molecule has 2 aliphatic rings. The highest BCUT2D eigenvalue weighted by Crippen LogP contribution is 2.63. The Morgan fingerprint density at radius 1 is 0.489 bits per heavy atom. The lowest BCUT2D eigenvalue weighted by molar-refractivity contribution is 0.792. The first kappa shape index (κ1) is 23.9. The van der Waals surface area contributed by atoms with Gasteiger partial charge in [0, 0.05) is 38.1 Å². The molecule has 0 atom stereocenters. The number of thiophene rings is 1. The van der Waals surface area contributed by atoms with Crippen molar-refractivity contribution in [2.45, 2.75) is 5.41 Å². The summed E-state index contributed by atoms with van der Waals surface area (Å²) >= 11 is 1.78. The van der Waals surface area contributed by atoms with Crippen LogP contribution in [-0.2, 0) is 5.41 Å². The maximum absolute atomic E-state index is 4.72. The molecular weight excluding hydrogens is 565 g/mol. The van der Waals surface area contributed by atoms with Crippen molar-refractivity contribution in [3.63, 3.8) is 0 Å². The van der Waals surface area contributed by atoms with Crippen molar-refractivity contribution in [1.82, 2.24) is 9.55 Å². The van der Waals surface area contributed by atoms with Gasteiger partial charge in [-0.3, -0.25) is 0 Å². The maximum atomic E-state index is 4.72. The van der Waals surface area contributed by atoms with E-state index in [9.17, 15) is 0 Å². The van der Waals surface area contributed by atoms with Gasteiger partial charge in [0.1, 0.15) is 4.83 Å². The van der Waals surface area contributed by atoms with Crippen molar-refractivity contribution >= 4 is 53.4 Å². The van der Waals surface area contributed by atoms with Crippen molar-refractivity contribution in [2.75, 3.05) is 0 Å². The van der Waals surface area contributed by atoms with Crippen LogP contribution in [0.15, 0.2) is 146 Å². The number of benzene rings is 6. The molecule has 6 aromatic carbocycles. The molecule has 2 nitrogen and oxygen atoms in total. The van der Waals surface area contributed by atoms with Crippen molar-refractivity contribution in [2.24, 2.45) is 0 Å². The highest BCUT2D eigenvalue weighted by atomic mass is 32.1. The molecule has 3 heteroatoms. The van der Waals surface area contributed by atoms with Gasteiger partial charge in [-0.2, -0.15) is 0 Å². The van der Waals surface area contributed by atoms with E-state index in [2.05, 4.69) is 144 Å². The second-order valence-electron chi connectivity index (χ2n) is 12.3. The summed E-state index contributed by atoms with van der Waals surface area (Å²) in [7, 11) is 0. The van der Waals surface area contributed by atoms with Crippen LogP contribution in [0.4, 0.5) is 0 Å². The first-order chi connectivity index (χ1) is 22.3. The first-order valence-electron chi connectivity index (χ1n) is 15.5. The predicted octanol–water partition coefficient (Wildman–Crippen LogP) is 10.9. The van der Waals surface area contributed by atoms with Gasteiger partial charge in [-0.15, -0.1) is 11.3 Å². The SMILES string of the molecule is c1ccc2c(c1)-c1ccccc1C21c2ccccc2-c2ccc(-n3c4ccccc4c4c5c(ccc43)sc3ncccc35)cc21. The van der Waals surface area contributed by atoms with Crippen LogP contribution in [0.1, 0.15) is 22.3 Å². The van der Waals surface area contributed by atoms with Crippen LogP contribution in [0.3, 0.4) is 0 Å². The Hall–Kier alpha value is -5.51. The minimum atomic E-state index is -0.365. The van der Waals surface area contributed by atoms with Crippen LogP contribution in [0.2, 0.25) is 0 Å². The van der Waals surface area contributed by atoms with E-state index >= 15 is 0 Å². The molecule has 0 N–H and O–H groups in total. The summed E-state index contributed by atoms with van der Waals surface area (Å²) in [5.41, 5.74) is 14.0. The van der Waals surface area contributed by atoms with E-state index < -0.39 is 0 Å². The molecule has 11 rings (SSSR count). The molecular formula is C42H24N2S. The van der Waals surface area contributed by atoms with E-state index in [1.165, 1.54) is 87.5 Å². The molecule has 0 saturated heterocycles. The summed E-state index contributed by atoms with van der Waals surface area (Å²) < 4.78 is 3.76. The first-order valence-corrected chi connectivity index (χ1v) is 16.3. The zero-order valence-electron chi connectivity index (χ0n) is 24.2. The van der Waals surface area contributed by atoms with Gasteiger partial charge in [-0.1, -0.05) is 97.1 Å². The third-order valence-electron chi connectivity index (χ3n) is 10.3. The fourth-order valence-corrected chi connectivity index (χ4v) is 9.71. The average molecular weight is 589 g/mol. The van der Waals surface area contributed by atoms with E-state index in [0.717, 1.165) is 4.83 Å². The number of para-hydroxylation sites is 1. The van der Waals surface area contributed by atoms with Gasteiger partial charge in [-0.05, 0) is 87.0 Å². The zero-order chi connectivity index (χ0) is 29.3. The van der Waals surface area contributed by atoms with E-state index in [-0.39, 0.29) is 5.41 Å². The summed E-state index contributed by atoms with van der Waals surface area (Å²) in [6.45, 7) is 0. The minimum absolute atomic E-state index is 0.365. The molecule has 0 amide bonds. The van der Waals surface area contributed by atoms with Crippen LogP contribution >= 0.6 is 11.3 Å². The Balaban J connectivity index is 1.28. The highest BCUT2D eigenvalue weighted by molar-refractivity contribution is 7.25. The van der Waals surface area contributed by atoms with E-state index in [0.29, 0.717) is 0 Å². The van der Waals surface area contributed by atoms with Gasteiger partial charge in [0.05, 0.1) is 16.4 Å². The molecule has 2 aliphatic carbocycles. The number of aromatic nitrogens is 2. The Morgan fingerprint density at radius 3 is 1.84 bits per heavy atom. The van der Waals surface area contributed by atoms with Crippen LogP contribution in [0, 0.1) is 0 Å². The smallest absolute Gasteiger partial charge is 0.124 e. The highest BCUT2D eigenvalue weighted by Gasteiger charge is 2.51. The molecule has 9 aromatic rings. The monoisotopic (exact) mass is 588 g/mol. The summed E-state index contributed by atoms with van der Waals surface area (Å²) in [5, 5.41) is 5.11. The van der Waals surface area contributed by atoms with E-state index in [4.69, 9.17) is 4.98 Å². The summed E-state index contributed by atoms with van der Waals surface area (Å²) in [4.78, 5) is 5.81. The van der Waals surface area contributed by atoms with Gasteiger partial charge in [0.25, 0.3) is 0 Å². The lowest BCUT2D eigenvalue weighted by Gasteiger charge is -2.30. The molecule has 0 fully saturated rings. The quantitative estimate of drug-likeness (QED) is 0.187. The van der Waals surface area contributed by atoms with Crippen LogP contribution in [-0.4, -0.2) is 9.55 Å². The van der Waals surface area contributed by atoms with Gasteiger partial charge >= 0.3 is 0 Å². The van der Waals surface area contributed by atoms with Crippen molar-refractivity contribution in [3.8, 4) is 27.9 Å². The van der Waals surface area contributed by atoms with Gasteiger partial charge < -0.3 is 4.57 Å². The van der Waals surface area contributed by atoms with Crippen molar-refractivity contribution < 1.29 is 0 Å².